The van der Waals surface area contributed by atoms with Crippen LogP contribution in [0.3, 0.4) is 0 Å². The highest BCUT2D eigenvalue weighted by Crippen LogP contribution is 2.23. The SMILES string of the molecule is CN(Cc1cccc(NC(=O)c2ccc(Cl)c(Cl)c2)c1)C1CCOCC1. The summed E-state index contributed by atoms with van der Waals surface area (Å²) in [7, 11) is 2.14. The van der Waals surface area contributed by atoms with Crippen molar-refractivity contribution in [1.82, 2.24) is 4.90 Å². The van der Waals surface area contributed by atoms with Gasteiger partial charge in [0.2, 0.25) is 0 Å². The van der Waals surface area contributed by atoms with Gasteiger partial charge in [-0.25, -0.2) is 0 Å². The van der Waals surface area contributed by atoms with E-state index in [1.807, 2.05) is 18.2 Å². The van der Waals surface area contributed by atoms with Gasteiger partial charge in [0.05, 0.1) is 10.0 Å². The summed E-state index contributed by atoms with van der Waals surface area (Å²) < 4.78 is 5.43. The number of rotatable bonds is 5. The van der Waals surface area contributed by atoms with E-state index in [9.17, 15) is 4.79 Å². The van der Waals surface area contributed by atoms with E-state index in [0.29, 0.717) is 21.7 Å². The van der Waals surface area contributed by atoms with Crippen molar-refractivity contribution >= 4 is 34.8 Å². The third-order valence-electron chi connectivity index (χ3n) is 4.61. The smallest absolute Gasteiger partial charge is 0.255 e. The zero-order valence-corrected chi connectivity index (χ0v) is 16.2. The number of ether oxygens (including phenoxy) is 1. The van der Waals surface area contributed by atoms with Crippen molar-refractivity contribution in [2.24, 2.45) is 0 Å². The average Bonchev–Trinajstić information content (AvgIpc) is 2.65. The predicted molar refractivity (Wildman–Crippen MR) is 106 cm³/mol. The molecule has 0 aliphatic carbocycles. The standard InChI is InChI=1S/C20H22Cl2N2O2/c1-24(17-7-9-26-10-8-17)13-14-3-2-4-16(11-14)23-20(25)15-5-6-18(21)19(22)12-15/h2-6,11-12,17H,7-10,13H2,1H3,(H,23,25). The van der Waals surface area contributed by atoms with E-state index >= 15 is 0 Å². The van der Waals surface area contributed by atoms with Gasteiger partial charge in [-0.15, -0.1) is 0 Å². The second-order valence-corrected chi connectivity index (χ2v) is 7.36. The summed E-state index contributed by atoms with van der Waals surface area (Å²) in [6.07, 6.45) is 2.12. The van der Waals surface area contributed by atoms with Crippen LogP contribution >= 0.6 is 23.2 Å². The van der Waals surface area contributed by atoms with Gasteiger partial charge in [0.15, 0.2) is 0 Å². The molecule has 1 saturated heterocycles. The Morgan fingerprint density at radius 1 is 1.15 bits per heavy atom. The van der Waals surface area contributed by atoms with E-state index in [4.69, 9.17) is 27.9 Å². The first kappa shape index (κ1) is 19.2. The monoisotopic (exact) mass is 392 g/mol. The topological polar surface area (TPSA) is 41.6 Å². The van der Waals surface area contributed by atoms with Gasteiger partial charge >= 0.3 is 0 Å². The van der Waals surface area contributed by atoms with Gasteiger partial charge in [0.25, 0.3) is 5.91 Å². The molecule has 0 aromatic heterocycles. The Labute approximate surface area is 164 Å². The van der Waals surface area contributed by atoms with E-state index in [1.165, 1.54) is 0 Å². The zero-order valence-electron chi connectivity index (χ0n) is 14.7. The summed E-state index contributed by atoms with van der Waals surface area (Å²) in [5.41, 5.74) is 2.40. The van der Waals surface area contributed by atoms with E-state index in [1.54, 1.807) is 18.2 Å². The number of nitrogens with one attached hydrogen (secondary N) is 1. The number of carbonyl (C=O) groups excluding carboxylic acids is 1. The second kappa shape index (κ2) is 8.87. The minimum Gasteiger partial charge on any atom is -0.381 e. The molecule has 138 valence electrons. The predicted octanol–water partition coefficient (Wildman–Crippen LogP) is 4.86. The lowest BCUT2D eigenvalue weighted by molar-refractivity contribution is 0.0407. The Morgan fingerprint density at radius 3 is 2.65 bits per heavy atom. The summed E-state index contributed by atoms with van der Waals surface area (Å²) in [6, 6.07) is 13.3. The number of benzene rings is 2. The highest BCUT2D eigenvalue weighted by Gasteiger charge is 2.18. The average molecular weight is 393 g/mol. The minimum atomic E-state index is -0.210. The lowest BCUT2D eigenvalue weighted by Crippen LogP contribution is -2.36. The highest BCUT2D eigenvalue weighted by molar-refractivity contribution is 6.42. The zero-order chi connectivity index (χ0) is 18.5. The van der Waals surface area contributed by atoms with Gasteiger partial charge in [-0.05, 0) is 55.8 Å². The molecular formula is C20H22Cl2N2O2. The van der Waals surface area contributed by atoms with Crippen LogP contribution in [0.25, 0.3) is 0 Å². The number of hydrogen-bond donors (Lipinski definition) is 1. The van der Waals surface area contributed by atoms with Gasteiger partial charge in [0.1, 0.15) is 0 Å². The molecule has 1 aliphatic rings. The molecule has 0 bridgehead atoms. The summed E-state index contributed by atoms with van der Waals surface area (Å²) in [5.74, 6) is -0.210. The van der Waals surface area contributed by atoms with Crippen LogP contribution in [-0.2, 0) is 11.3 Å². The van der Waals surface area contributed by atoms with Crippen LogP contribution in [0, 0.1) is 0 Å². The molecule has 0 unspecified atom stereocenters. The minimum absolute atomic E-state index is 0.210. The fourth-order valence-corrected chi connectivity index (χ4v) is 3.43. The Balaban J connectivity index is 1.64. The Morgan fingerprint density at radius 2 is 1.92 bits per heavy atom. The van der Waals surface area contributed by atoms with E-state index < -0.39 is 0 Å². The molecule has 2 aromatic rings. The Hall–Kier alpha value is -1.59. The quantitative estimate of drug-likeness (QED) is 0.789. The number of hydrogen-bond acceptors (Lipinski definition) is 3. The second-order valence-electron chi connectivity index (χ2n) is 6.54. The van der Waals surface area contributed by atoms with Crippen molar-refractivity contribution in [2.45, 2.75) is 25.4 Å². The van der Waals surface area contributed by atoms with Crippen LogP contribution in [0.5, 0.6) is 0 Å². The maximum atomic E-state index is 12.4. The first-order chi connectivity index (χ1) is 12.5. The third kappa shape index (κ3) is 4.98. The molecule has 0 spiro atoms. The van der Waals surface area contributed by atoms with Crippen molar-refractivity contribution in [3.63, 3.8) is 0 Å². The van der Waals surface area contributed by atoms with Crippen molar-refractivity contribution in [2.75, 3.05) is 25.6 Å². The number of amides is 1. The summed E-state index contributed by atoms with van der Waals surface area (Å²) in [5, 5.41) is 3.72. The van der Waals surface area contributed by atoms with Crippen LogP contribution < -0.4 is 5.32 Å². The normalized spacial score (nSPS) is 15.2. The summed E-state index contributed by atoms with van der Waals surface area (Å²) in [4.78, 5) is 14.8. The van der Waals surface area contributed by atoms with Crippen LogP contribution in [0.1, 0.15) is 28.8 Å². The van der Waals surface area contributed by atoms with Crippen LogP contribution in [0.2, 0.25) is 10.0 Å². The molecule has 1 aliphatic heterocycles. The molecule has 3 rings (SSSR count). The molecule has 1 N–H and O–H groups in total. The summed E-state index contributed by atoms with van der Waals surface area (Å²) in [6.45, 7) is 2.49. The molecule has 2 aromatic carbocycles. The molecule has 1 heterocycles. The van der Waals surface area contributed by atoms with Crippen LogP contribution in [-0.4, -0.2) is 37.1 Å². The molecule has 0 radical (unpaired) electrons. The van der Waals surface area contributed by atoms with E-state index in [2.05, 4.69) is 23.3 Å². The number of anilines is 1. The number of halogens is 2. The van der Waals surface area contributed by atoms with Crippen LogP contribution in [0.4, 0.5) is 5.69 Å². The fourth-order valence-electron chi connectivity index (χ4n) is 3.13. The molecular weight excluding hydrogens is 371 g/mol. The van der Waals surface area contributed by atoms with Crippen molar-refractivity contribution in [3.05, 3.63) is 63.6 Å². The Kier molecular flexibility index (Phi) is 6.54. The van der Waals surface area contributed by atoms with Crippen molar-refractivity contribution < 1.29 is 9.53 Å². The van der Waals surface area contributed by atoms with Gasteiger partial charge in [0, 0.05) is 37.1 Å². The molecule has 0 saturated carbocycles. The molecule has 6 heteroatoms. The molecule has 4 nitrogen and oxygen atoms in total. The van der Waals surface area contributed by atoms with Gasteiger partial charge < -0.3 is 10.1 Å². The number of nitrogens with zero attached hydrogens (tertiary/aromatic N) is 1. The number of carbonyl (C=O) groups is 1. The fraction of sp³-hybridized carbons (Fsp3) is 0.350. The van der Waals surface area contributed by atoms with E-state index in [0.717, 1.165) is 43.9 Å². The molecule has 0 atom stereocenters. The van der Waals surface area contributed by atoms with Gasteiger partial charge in [-0.1, -0.05) is 35.3 Å². The maximum absolute atomic E-state index is 12.4. The van der Waals surface area contributed by atoms with E-state index in [-0.39, 0.29) is 5.91 Å². The lowest BCUT2D eigenvalue weighted by Gasteiger charge is -2.31. The van der Waals surface area contributed by atoms with Crippen molar-refractivity contribution in [3.8, 4) is 0 Å². The molecule has 1 amide bonds. The first-order valence-corrected chi connectivity index (χ1v) is 9.42. The van der Waals surface area contributed by atoms with Gasteiger partial charge in [-0.3, -0.25) is 9.69 Å². The van der Waals surface area contributed by atoms with Gasteiger partial charge in [-0.2, -0.15) is 0 Å². The van der Waals surface area contributed by atoms with Crippen LogP contribution in [0.15, 0.2) is 42.5 Å². The third-order valence-corrected chi connectivity index (χ3v) is 5.35. The lowest BCUT2D eigenvalue weighted by atomic mass is 10.1. The Bertz CT molecular complexity index is 776. The first-order valence-electron chi connectivity index (χ1n) is 8.66. The highest BCUT2D eigenvalue weighted by atomic mass is 35.5. The maximum Gasteiger partial charge on any atom is 0.255 e. The molecule has 26 heavy (non-hydrogen) atoms. The van der Waals surface area contributed by atoms with Crippen molar-refractivity contribution in [1.29, 1.82) is 0 Å². The molecule has 1 fully saturated rings. The largest absolute Gasteiger partial charge is 0.381 e. The summed E-state index contributed by atoms with van der Waals surface area (Å²) >= 11 is 11.9.